The van der Waals surface area contributed by atoms with Crippen molar-refractivity contribution in [2.24, 2.45) is 13.0 Å². The summed E-state index contributed by atoms with van der Waals surface area (Å²) in [5.41, 5.74) is 1.40. The first kappa shape index (κ1) is 18.2. The topological polar surface area (TPSA) is 76.9 Å². The molecule has 0 fully saturated rings. The minimum atomic E-state index is -3.70. The molecule has 0 atom stereocenters. The van der Waals surface area contributed by atoms with Gasteiger partial charge >= 0.3 is 0 Å². The van der Waals surface area contributed by atoms with Gasteiger partial charge in [-0.2, -0.15) is 8.42 Å². The fraction of sp³-hybridized carbons (Fsp3) is 0.375. The molecular weight excluding hydrogens is 376 g/mol. The predicted octanol–water partition coefficient (Wildman–Crippen LogP) is 3.89. The number of rotatable bonds is 6. The van der Waals surface area contributed by atoms with Crippen LogP contribution in [0.1, 0.15) is 19.7 Å². The number of thiazole rings is 1. The number of hydrogen-bond donors (Lipinski definition) is 1. The van der Waals surface area contributed by atoms with Gasteiger partial charge in [-0.05, 0) is 31.0 Å². The summed E-state index contributed by atoms with van der Waals surface area (Å²) in [6.07, 6.45) is 1.50. The van der Waals surface area contributed by atoms with E-state index in [2.05, 4.69) is 28.5 Å². The van der Waals surface area contributed by atoms with Gasteiger partial charge in [-0.15, -0.1) is 11.3 Å². The lowest BCUT2D eigenvalue weighted by molar-refractivity contribution is 0.598. The molecule has 0 aliphatic rings. The molecule has 0 bridgehead atoms. The molecule has 0 saturated carbocycles. The normalized spacial score (nSPS) is 12.2. The second kappa shape index (κ2) is 6.97. The van der Waals surface area contributed by atoms with Crippen LogP contribution >= 0.6 is 23.1 Å². The van der Waals surface area contributed by atoms with Crippen LogP contribution < -0.4 is 4.72 Å². The van der Waals surface area contributed by atoms with Crippen LogP contribution in [0.2, 0.25) is 0 Å². The molecule has 2 aromatic heterocycles. The van der Waals surface area contributed by atoms with E-state index >= 15 is 0 Å². The SMILES string of the molecule is Cc1nc(S(=O)(=O)Nc2ccc3nc(SCC(C)C)sc3c2)cn1C. The first-order valence-electron chi connectivity index (χ1n) is 7.81. The van der Waals surface area contributed by atoms with Crippen LogP contribution in [0.15, 0.2) is 33.8 Å². The van der Waals surface area contributed by atoms with Crippen molar-refractivity contribution < 1.29 is 8.42 Å². The third-order valence-corrected chi connectivity index (χ3v) is 7.36. The molecule has 3 aromatic rings. The lowest BCUT2D eigenvalue weighted by Gasteiger charge is -2.05. The maximum absolute atomic E-state index is 12.5. The van der Waals surface area contributed by atoms with Crippen LogP contribution in [0.25, 0.3) is 10.2 Å². The number of hydrogen-bond acceptors (Lipinski definition) is 6. The number of imidazole rings is 1. The summed E-state index contributed by atoms with van der Waals surface area (Å²) in [6, 6.07) is 5.39. The first-order valence-corrected chi connectivity index (χ1v) is 11.1. The van der Waals surface area contributed by atoms with Crippen molar-refractivity contribution in [1.29, 1.82) is 0 Å². The molecule has 0 radical (unpaired) electrons. The highest BCUT2D eigenvalue weighted by Gasteiger charge is 2.19. The standard InChI is InChI=1S/C16H20N4O2S3/c1-10(2)9-23-16-18-13-6-5-12(7-14(13)24-16)19-25(21,22)15-8-20(4)11(3)17-15/h5-8,10,19H,9H2,1-4H3. The van der Waals surface area contributed by atoms with E-state index in [9.17, 15) is 8.42 Å². The van der Waals surface area contributed by atoms with E-state index in [1.54, 1.807) is 47.7 Å². The zero-order valence-electron chi connectivity index (χ0n) is 14.5. The van der Waals surface area contributed by atoms with Gasteiger partial charge in [0.05, 0.1) is 15.9 Å². The van der Waals surface area contributed by atoms with Crippen molar-refractivity contribution in [2.75, 3.05) is 10.5 Å². The molecular formula is C16H20N4O2S3. The Morgan fingerprint density at radius 2 is 2.08 bits per heavy atom. The molecule has 0 spiro atoms. The number of nitrogens with one attached hydrogen (secondary N) is 1. The van der Waals surface area contributed by atoms with Crippen molar-refractivity contribution in [3.05, 3.63) is 30.2 Å². The van der Waals surface area contributed by atoms with Gasteiger partial charge < -0.3 is 4.57 Å². The smallest absolute Gasteiger partial charge is 0.280 e. The van der Waals surface area contributed by atoms with Gasteiger partial charge in [-0.1, -0.05) is 25.6 Å². The molecule has 3 rings (SSSR count). The number of benzene rings is 1. The van der Waals surface area contributed by atoms with E-state index in [1.165, 1.54) is 6.20 Å². The second-order valence-electron chi connectivity index (χ2n) is 6.21. The van der Waals surface area contributed by atoms with Crippen LogP contribution in [0.4, 0.5) is 5.69 Å². The zero-order chi connectivity index (χ0) is 18.2. The molecule has 134 valence electrons. The van der Waals surface area contributed by atoms with Crippen LogP contribution in [0.3, 0.4) is 0 Å². The Morgan fingerprint density at radius 3 is 2.72 bits per heavy atom. The Balaban J connectivity index is 1.83. The van der Waals surface area contributed by atoms with E-state index in [4.69, 9.17) is 0 Å². The number of aromatic nitrogens is 3. The third kappa shape index (κ3) is 4.16. The number of sulfonamides is 1. The third-order valence-electron chi connectivity index (χ3n) is 3.52. The first-order chi connectivity index (χ1) is 11.7. The van der Waals surface area contributed by atoms with Crippen LogP contribution in [-0.2, 0) is 17.1 Å². The molecule has 9 heteroatoms. The molecule has 2 heterocycles. The maximum atomic E-state index is 12.5. The molecule has 0 saturated heterocycles. The quantitative estimate of drug-likeness (QED) is 0.640. The number of anilines is 1. The minimum Gasteiger partial charge on any atom is -0.337 e. The largest absolute Gasteiger partial charge is 0.337 e. The van der Waals surface area contributed by atoms with Gasteiger partial charge in [-0.25, -0.2) is 9.97 Å². The average molecular weight is 397 g/mol. The Kier molecular flexibility index (Phi) is 5.08. The Labute approximate surface area is 155 Å². The summed E-state index contributed by atoms with van der Waals surface area (Å²) in [5, 5.41) is 0.0186. The van der Waals surface area contributed by atoms with Crippen molar-refractivity contribution in [3.8, 4) is 0 Å². The number of thioether (sulfide) groups is 1. The molecule has 0 amide bonds. The molecule has 25 heavy (non-hydrogen) atoms. The molecule has 1 aromatic carbocycles. The van der Waals surface area contributed by atoms with Gasteiger partial charge in [0.15, 0.2) is 9.37 Å². The maximum Gasteiger partial charge on any atom is 0.280 e. The predicted molar refractivity (Wildman–Crippen MR) is 104 cm³/mol. The van der Waals surface area contributed by atoms with Crippen molar-refractivity contribution >= 4 is 49.0 Å². The van der Waals surface area contributed by atoms with Crippen molar-refractivity contribution in [2.45, 2.75) is 30.1 Å². The minimum absolute atomic E-state index is 0.0186. The fourth-order valence-electron chi connectivity index (χ4n) is 2.13. The number of fused-ring (bicyclic) bond motifs is 1. The number of aryl methyl sites for hydroxylation is 2. The van der Waals surface area contributed by atoms with E-state index < -0.39 is 10.0 Å². The average Bonchev–Trinajstić information content (AvgIpc) is 3.08. The van der Waals surface area contributed by atoms with Gasteiger partial charge in [0.25, 0.3) is 10.0 Å². The van der Waals surface area contributed by atoms with E-state index in [1.807, 2.05) is 12.1 Å². The van der Waals surface area contributed by atoms with Gasteiger partial charge in [-0.3, -0.25) is 4.72 Å². The monoisotopic (exact) mass is 396 g/mol. The summed E-state index contributed by atoms with van der Waals surface area (Å²) in [6.45, 7) is 6.11. The fourth-order valence-corrected chi connectivity index (χ4v) is 5.31. The molecule has 1 N–H and O–H groups in total. The van der Waals surface area contributed by atoms with Gasteiger partial charge in [0, 0.05) is 19.0 Å². The van der Waals surface area contributed by atoms with Gasteiger partial charge in [0.1, 0.15) is 5.82 Å². The van der Waals surface area contributed by atoms with Crippen LogP contribution in [-0.4, -0.2) is 28.7 Å². The van der Waals surface area contributed by atoms with Crippen LogP contribution in [0.5, 0.6) is 0 Å². The summed E-state index contributed by atoms with van der Waals surface area (Å²) >= 11 is 3.31. The van der Waals surface area contributed by atoms with Crippen LogP contribution in [0, 0.1) is 12.8 Å². The molecule has 0 aliphatic carbocycles. The Bertz CT molecular complexity index is 986. The highest BCUT2D eigenvalue weighted by molar-refractivity contribution is 8.01. The van der Waals surface area contributed by atoms with E-state index in [0.29, 0.717) is 17.4 Å². The lowest BCUT2D eigenvalue weighted by atomic mass is 10.3. The van der Waals surface area contributed by atoms with E-state index in [0.717, 1.165) is 20.3 Å². The summed E-state index contributed by atoms with van der Waals surface area (Å²) in [7, 11) is -1.94. The molecule has 0 aliphatic heterocycles. The Morgan fingerprint density at radius 1 is 1.32 bits per heavy atom. The molecule has 6 nitrogen and oxygen atoms in total. The summed E-state index contributed by atoms with van der Waals surface area (Å²) in [4.78, 5) is 8.67. The highest BCUT2D eigenvalue weighted by Crippen LogP contribution is 2.32. The molecule has 0 unspecified atom stereocenters. The second-order valence-corrected chi connectivity index (χ2v) is 10.1. The van der Waals surface area contributed by atoms with Crippen molar-refractivity contribution in [3.63, 3.8) is 0 Å². The summed E-state index contributed by atoms with van der Waals surface area (Å²) < 4.78 is 31.2. The Hall–Kier alpha value is -1.58. The zero-order valence-corrected chi connectivity index (χ0v) is 16.9. The van der Waals surface area contributed by atoms with Crippen molar-refractivity contribution in [1.82, 2.24) is 14.5 Å². The number of nitrogens with zero attached hydrogens (tertiary/aromatic N) is 3. The summed E-state index contributed by atoms with van der Waals surface area (Å²) in [5.74, 6) is 2.25. The van der Waals surface area contributed by atoms with Gasteiger partial charge in [0.2, 0.25) is 0 Å². The van der Waals surface area contributed by atoms with E-state index in [-0.39, 0.29) is 5.03 Å². The highest BCUT2D eigenvalue weighted by atomic mass is 32.2. The lowest BCUT2D eigenvalue weighted by Crippen LogP contribution is -2.13.